The number of nitrogens with zero attached hydrogens (tertiary/aromatic N) is 5. The number of benzene rings is 1. The third-order valence-electron chi connectivity index (χ3n) is 4.38. The van der Waals surface area contributed by atoms with E-state index < -0.39 is 0 Å². The van der Waals surface area contributed by atoms with Gasteiger partial charge in [-0.2, -0.15) is 5.10 Å². The molecule has 3 aromatic heterocycles. The molecule has 0 aliphatic rings. The molecule has 3 heterocycles. The van der Waals surface area contributed by atoms with Crippen LogP contribution in [0.2, 0.25) is 0 Å². The molecule has 0 atom stereocenters. The molecule has 1 aromatic carbocycles. The molecule has 4 aromatic rings. The summed E-state index contributed by atoms with van der Waals surface area (Å²) >= 11 is 0. The zero-order valence-corrected chi connectivity index (χ0v) is 15.7. The Labute approximate surface area is 166 Å². The van der Waals surface area contributed by atoms with Crippen molar-refractivity contribution >= 4 is 17.6 Å². The molecule has 0 saturated carbocycles. The van der Waals surface area contributed by atoms with Crippen LogP contribution >= 0.6 is 0 Å². The number of rotatable bonds is 7. The summed E-state index contributed by atoms with van der Waals surface area (Å²) in [7, 11) is 0. The number of amides is 1. The van der Waals surface area contributed by atoms with E-state index in [9.17, 15) is 9.59 Å². The Bertz CT molecular complexity index is 1200. The monoisotopic (exact) mass is 388 g/mol. The Morgan fingerprint density at radius 3 is 2.76 bits per heavy atom. The van der Waals surface area contributed by atoms with Gasteiger partial charge < -0.3 is 5.32 Å². The van der Waals surface area contributed by atoms with Crippen LogP contribution in [-0.4, -0.2) is 36.4 Å². The summed E-state index contributed by atoms with van der Waals surface area (Å²) < 4.78 is 4.66. The van der Waals surface area contributed by atoms with E-state index in [0.717, 1.165) is 11.3 Å². The normalized spacial score (nSPS) is 11.3. The zero-order valence-electron chi connectivity index (χ0n) is 15.7. The summed E-state index contributed by atoms with van der Waals surface area (Å²) in [5.74, 6) is -0.195. The Morgan fingerprint density at radius 2 is 1.93 bits per heavy atom. The van der Waals surface area contributed by atoms with Gasteiger partial charge in [0.15, 0.2) is 5.65 Å². The minimum absolute atomic E-state index is 0.178. The fourth-order valence-electron chi connectivity index (χ4n) is 2.93. The quantitative estimate of drug-likeness (QED) is 0.387. The van der Waals surface area contributed by atoms with Crippen LogP contribution in [-0.2, 0) is 11.3 Å². The highest BCUT2D eigenvalue weighted by Crippen LogP contribution is 2.08. The molecular weight excluding hydrogens is 368 g/mol. The van der Waals surface area contributed by atoms with Crippen molar-refractivity contribution in [2.24, 2.45) is 0 Å². The molecule has 0 aliphatic carbocycles. The van der Waals surface area contributed by atoms with E-state index >= 15 is 0 Å². The van der Waals surface area contributed by atoms with Gasteiger partial charge in [-0.1, -0.05) is 24.3 Å². The predicted molar refractivity (Wildman–Crippen MR) is 110 cm³/mol. The van der Waals surface area contributed by atoms with Gasteiger partial charge in [0.1, 0.15) is 0 Å². The molecule has 1 N–H and O–H groups in total. The topological polar surface area (TPSA) is 86.2 Å². The lowest BCUT2D eigenvalue weighted by Crippen LogP contribution is -2.26. The van der Waals surface area contributed by atoms with Crippen LogP contribution < -0.4 is 11.0 Å². The minimum atomic E-state index is -0.195. The fraction of sp³-hybridized carbons (Fsp3) is 0.143. The molecule has 4 rings (SSSR count). The number of para-hydroxylation sites is 1. The third-order valence-corrected chi connectivity index (χ3v) is 4.38. The van der Waals surface area contributed by atoms with Crippen molar-refractivity contribution in [1.82, 2.24) is 29.3 Å². The van der Waals surface area contributed by atoms with Crippen molar-refractivity contribution < 1.29 is 4.79 Å². The summed E-state index contributed by atoms with van der Waals surface area (Å²) in [6.07, 6.45) is 9.04. The third kappa shape index (κ3) is 4.32. The van der Waals surface area contributed by atoms with Gasteiger partial charge >= 0.3 is 5.69 Å². The SMILES string of the molecule is O=C(C=Cc1cnn(-c2ccccc2)c1)NCCCn1nc2ccccn2c1=O. The number of aryl methyl sites for hydroxylation is 1. The van der Waals surface area contributed by atoms with Crippen molar-refractivity contribution in [3.63, 3.8) is 0 Å². The summed E-state index contributed by atoms with van der Waals surface area (Å²) in [5.41, 5.74) is 2.22. The Hall–Kier alpha value is -3.94. The van der Waals surface area contributed by atoms with E-state index in [1.807, 2.05) is 42.6 Å². The molecule has 1 amide bonds. The molecule has 8 heteroatoms. The first-order valence-electron chi connectivity index (χ1n) is 9.31. The molecule has 0 radical (unpaired) electrons. The van der Waals surface area contributed by atoms with Crippen LogP contribution in [0.25, 0.3) is 17.4 Å². The maximum absolute atomic E-state index is 12.2. The van der Waals surface area contributed by atoms with Crippen LogP contribution in [0, 0.1) is 0 Å². The molecule has 0 unspecified atom stereocenters. The van der Waals surface area contributed by atoms with Gasteiger partial charge in [-0.15, -0.1) is 5.10 Å². The highest BCUT2D eigenvalue weighted by Gasteiger charge is 2.05. The number of aromatic nitrogens is 5. The summed E-state index contributed by atoms with van der Waals surface area (Å²) in [5, 5.41) is 11.4. The van der Waals surface area contributed by atoms with Gasteiger partial charge in [-0.25, -0.2) is 14.2 Å². The summed E-state index contributed by atoms with van der Waals surface area (Å²) in [4.78, 5) is 24.2. The maximum atomic E-state index is 12.2. The Morgan fingerprint density at radius 1 is 1.10 bits per heavy atom. The summed E-state index contributed by atoms with van der Waals surface area (Å²) in [6, 6.07) is 15.2. The number of hydrogen-bond donors (Lipinski definition) is 1. The first-order chi connectivity index (χ1) is 14.2. The lowest BCUT2D eigenvalue weighted by Gasteiger charge is -2.01. The highest BCUT2D eigenvalue weighted by molar-refractivity contribution is 5.91. The molecule has 0 aliphatic heterocycles. The second-order valence-corrected chi connectivity index (χ2v) is 6.47. The van der Waals surface area contributed by atoms with Crippen molar-refractivity contribution in [2.75, 3.05) is 6.54 Å². The smallest absolute Gasteiger partial charge is 0.350 e. The number of carbonyl (C=O) groups is 1. The fourth-order valence-corrected chi connectivity index (χ4v) is 2.93. The Balaban J connectivity index is 1.26. The van der Waals surface area contributed by atoms with Crippen molar-refractivity contribution in [3.8, 4) is 5.69 Å². The van der Waals surface area contributed by atoms with E-state index in [1.165, 1.54) is 15.2 Å². The maximum Gasteiger partial charge on any atom is 0.350 e. The van der Waals surface area contributed by atoms with Crippen molar-refractivity contribution in [1.29, 1.82) is 0 Å². The number of carbonyl (C=O) groups excluding carboxylic acids is 1. The van der Waals surface area contributed by atoms with E-state index in [0.29, 0.717) is 25.2 Å². The molecule has 0 fully saturated rings. The van der Waals surface area contributed by atoms with Crippen LogP contribution in [0.1, 0.15) is 12.0 Å². The van der Waals surface area contributed by atoms with Gasteiger partial charge in [-0.3, -0.25) is 9.20 Å². The van der Waals surface area contributed by atoms with Gasteiger partial charge in [-0.05, 0) is 36.8 Å². The summed E-state index contributed by atoms with van der Waals surface area (Å²) in [6.45, 7) is 0.890. The highest BCUT2D eigenvalue weighted by atomic mass is 16.2. The number of fused-ring (bicyclic) bond motifs is 1. The lowest BCUT2D eigenvalue weighted by molar-refractivity contribution is -0.116. The van der Waals surface area contributed by atoms with Gasteiger partial charge in [0.25, 0.3) is 0 Å². The average Bonchev–Trinajstić information content (AvgIpc) is 3.36. The van der Waals surface area contributed by atoms with E-state index in [2.05, 4.69) is 15.5 Å². The van der Waals surface area contributed by atoms with E-state index in [-0.39, 0.29) is 11.6 Å². The number of pyridine rings is 1. The van der Waals surface area contributed by atoms with Gasteiger partial charge in [0.2, 0.25) is 5.91 Å². The van der Waals surface area contributed by atoms with Gasteiger partial charge in [0, 0.05) is 37.1 Å². The molecule has 0 bridgehead atoms. The number of hydrogen-bond acceptors (Lipinski definition) is 4. The first kappa shape index (κ1) is 18.4. The molecule has 29 heavy (non-hydrogen) atoms. The molecular formula is C21H20N6O2. The zero-order chi connectivity index (χ0) is 20.1. The van der Waals surface area contributed by atoms with Gasteiger partial charge in [0.05, 0.1) is 11.9 Å². The molecule has 8 nitrogen and oxygen atoms in total. The number of nitrogens with one attached hydrogen (secondary N) is 1. The van der Waals surface area contributed by atoms with Crippen LogP contribution in [0.5, 0.6) is 0 Å². The minimum Gasteiger partial charge on any atom is -0.352 e. The Kier molecular flexibility index (Phi) is 5.33. The van der Waals surface area contributed by atoms with E-state index in [4.69, 9.17) is 0 Å². The second-order valence-electron chi connectivity index (χ2n) is 6.47. The van der Waals surface area contributed by atoms with Crippen LogP contribution in [0.15, 0.2) is 78.0 Å². The molecule has 0 spiro atoms. The van der Waals surface area contributed by atoms with Crippen molar-refractivity contribution in [3.05, 3.63) is 89.2 Å². The van der Waals surface area contributed by atoms with Crippen LogP contribution in [0.3, 0.4) is 0 Å². The second kappa shape index (κ2) is 8.39. The first-order valence-corrected chi connectivity index (χ1v) is 9.31. The standard InChI is InChI=1S/C21H20N6O2/c28-20(11-10-17-15-23-27(16-17)18-7-2-1-3-8-18)22-12-6-14-26-21(29)25-13-5-4-9-19(25)24-26/h1-5,7-11,13,15-16H,6,12,14H2,(H,22,28). The average molecular weight is 388 g/mol. The van der Waals surface area contributed by atoms with Crippen molar-refractivity contribution in [2.45, 2.75) is 13.0 Å². The predicted octanol–water partition coefficient (Wildman–Crippen LogP) is 1.90. The molecule has 146 valence electrons. The van der Waals surface area contributed by atoms with E-state index in [1.54, 1.807) is 35.3 Å². The largest absolute Gasteiger partial charge is 0.352 e. The lowest BCUT2D eigenvalue weighted by atomic mass is 10.3. The molecule has 0 saturated heterocycles. The van der Waals surface area contributed by atoms with Crippen LogP contribution in [0.4, 0.5) is 0 Å².